The predicted octanol–water partition coefficient (Wildman–Crippen LogP) is 4.44. The number of para-hydroxylation sites is 1. The zero-order valence-corrected chi connectivity index (χ0v) is 22.8. The zero-order chi connectivity index (χ0) is 27.2. The molecule has 0 saturated carbocycles. The second kappa shape index (κ2) is 12.1. The Morgan fingerprint density at radius 1 is 0.811 bits per heavy atom. The average Bonchev–Trinajstić information content (AvgIpc) is 2.86. The Labute approximate surface area is 220 Å². The largest absolute Gasteiger partial charge is 0.352 e. The van der Waals surface area contributed by atoms with Gasteiger partial charge in [-0.2, -0.15) is 0 Å². The zero-order valence-electron chi connectivity index (χ0n) is 22.0. The molecule has 0 aliphatic rings. The highest BCUT2D eigenvalue weighted by molar-refractivity contribution is 7.92. The molecule has 0 heterocycles. The Morgan fingerprint density at radius 2 is 1.35 bits per heavy atom. The molecule has 1 atom stereocenters. The van der Waals surface area contributed by atoms with Crippen molar-refractivity contribution < 1.29 is 18.0 Å². The number of hydrogen-bond donors (Lipinski definition) is 1. The second-order valence-electron chi connectivity index (χ2n) is 9.51. The Kier molecular flexibility index (Phi) is 9.10. The number of aryl methyl sites for hydroxylation is 2. The molecule has 8 heteroatoms. The topological polar surface area (TPSA) is 86.8 Å². The van der Waals surface area contributed by atoms with Gasteiger partial charge in [-0.15, -0.1) is 0 Å². The molecule has 0 aliphatic carbocycles. The van der Waals surface area contributed by atoms with Gasteiger partial charge >= 0.3 is 0 Å². The summed E-state index contributed by atoms with van der Waals surface area (Å²) in [6.07, 6.45) is 0. The predicted molar refractivity (Wildman–Crippen MR) is 147 cm³/mol. The highest BCUT2D eigenvalue weighted by Gasteiger charge is 2.32. The van der Waals surface area contributed by atoms with Crippen molar-refractivity contribution in [3.8, 4) is 0 Å². The molecule has 0 spiro atoms. The van der Waals surface area contributed by atoms with Gasteiger partial charge in [0.25, 0.3) is 10.0 Å². The van der Waals surface area contributed by atoms with Crippen molar-refractivity contribution in [1.82, 2.24) is 10.2 Å². The van der Waals surface area contributed by atoms with Gasteiger partial charge in [0.15, 0.2) is 0 Å². The second-order valence-corrected chi connectivity index (χ2v) is 11.4. The van der Waals surface area contributed by atoms with Crippen molar-refractivity contribution in [3.63, 3.8) is 0 Å². The van der Waals surface area contributed by atoms with Crippen molar-refractivity contribution >= 4 is 27.5 Å². The molecule has 2 amide bonds. The van der Waals surface area contributed by atoms with Crippen molar-refractivity contribution in [3.05, 3.63) is 95.6 Å². The summed E-state index contributed by atoms with van der Waals surface area (Å²) in [5.41, 5.74) is 3.21. The molecule has 196 valence electrons. The van der Waals surface area contributed by atoms with E-state index in [0.717, 1.165) is 21.0 Å². The van der Waals surface area contributed by atoms with Gasteiger partial charge in [0.1, 0.15) is 12.6 Å². The van der Waals surface area contributed by atoms with Crippen LogP contribution in [0.1, 0.15) is 37.5 Å². The summed E-state index contributed by atoms with van der Waals surface area (Å²) >= 11 is 0. The Balaban J connectivity index is 1.99. The van der Waals surface area contributed by atoms with Crippen LogP contribution in [0.4, 0.5) is 5.69 Å². The van der Waals surface area contributed by atoms with E-state index in [-0.39, 0.29) is 23.4 Å². The van der Waals surface area contributed by atoms with E-state index in [2.05, 4.69) is 5.32 Å². The van der Waals surface area contributed by atoms with E-state index in [1.807, 2.05) is 52.0 Å². The molecule has 3 rings (SSSR count). The lowest BCUT2D eigenvalue weighted by Crippen LogP contribution is -2.52. The summed E-state index contributed by atoms with van der Waals surface area (Å²) < 4.78 is 28.6. The number of anilines is 1. The van der Waals surface area contributed by atoms with Gasteiger partial charge in [-0.25, -0.2) is 8.42 Å². The first kappa shape index (κ1) is 27.9. The number of hydrogen-bond acceptors (Lipinski definition) is 4. The standard InChI is InChI=1S/C29H35N3O4S/c1-21(2)30-29(34)24(5)31(19-25-15-11-22(3)12-16-25)28(33)20-32(26-9-7-6-8-10-26)37(35,36)27-17-13-23(4)14-18-27/h6-18,21,24H,19-20H2,1-5H3,(H,30,34)/t24-/m1/s1. The highest BCUT2D eigenvalue weighted by atomic mass is 32.2. The number of carbonyl (C=O) groups is 2. The molecule has 3 aromatic rings. The first-order valence-electron chi connectivity index (χ1n) is 12.3. The molecule has 0 aromatic heterocycles. The van der Waals surface area contributed by atoms with E-state index in [0.29, 0.717) is 5.69 Å². The fourth-order valence-electron chi connectivity index (χ4n) is 3.84. The average molecular weight is 522 g/mol. The van der Waals surface area contributed by atoms with Crippen LogP contribution in [-0.2, 0) is 26.2 Å². The number of carbonyl (C=O) groups excluding carboxylic acids is 2. The number of benzene rings is 3. The van der Waals surface area contributed by atoms with E-state index >= 15 is 0 Å². The lowest BCUT2D eigenvalue weighted by Gasteiger charge is -2.32. The molecule has 0 fully saturated rings. The van der Waals surface area contributed by atoms with Gasteiger partial charge in [-0.1, -0.05) is 65.7 Å². The summed E-state index contributed by atoms with van der Waals surface area (Å²) in [5, 5.41) is 2.85. The van der Waals surface area contributed by atoms with Gasteiger partial charge in [-0.05, 0) is 64.4 Å². The molecule has 0 aliphatic heterocycles. The molecule has 37 heavy (non-hydrogen) atoms. The Bertz CT molecular complexity index is 1310. The summed E-state index contributed by atoms with van der Waals surface area (Å²) in [7, 11) is -4.06. The van der Waals surface area contributed by atoms with Gasteiger partial charge in [0, 0.05) is 12.6 Å². The molecule has 0 bridgehead atoms. The van der Waals surface area contributed by atoms with Crippen LogP contribution < -0.4 is 9.62 Å². The molecule has 0 unspecified atom stereocenters. The maximum absolute atomic E-state index is 13.8. The van der Waals surface area contributed by atoms with Crippen LogP contribution in [0.3, 0.4) is 0 Å². The fraction of sp³-hybridized carbons (Fsp3) is 0.310. The normalized spacial score (nSPS) is 12.2. The van der Waals surface area contributed by atoms with Crippen LogP contribution in [-0.4, -0.2) is 43.8 Å². The molecular formula is C29H35N3O4S. The number of nitrogens with zero attached hydrogens (tertiary/aromatic N) is 2. The minimum Gasteiger partial charge on any atom is -0.352 e. The van der Waals surface area contributed by atoms with Gasteiger partial charge < -0.3 is 10.2 Å². The number of sulfonamides is 1. The molecule has 1 N–H and O–H groups in total. The van der Waals surface area contributed by atoms with Crippen LogP contribution in [0.5, 0.6) is 0 Å². The molecule has 0 saturated heterocycles. The van der Waals surface area contributed by atoms with E-state index in [9.17, 15) is 18.0 Å². The lowest BCUT2D eigenvalue weighted by molar-refractivity contribution is -0.139. The van der Waals surface area contributed by atoms with E-state index in [1.165, 1.54) is 17.0 Å². The van der Waals surface area contributed by atoms with Crippen molar-refractivity contribution in [1.29, 1.82) is 0 Å². The summed E-state index contributed by atoms with van der Waals surface area (Å²) in [4.78, 5) is 28.2. The van der Waals surface area contributed by atoms with E-state index in [4.69, 9.17) is 0 Å². The van der Waals surface area contributed by atoms with Crippen LogP contribution >= 0.6 is 0 Å². The minimum atomic E-state index is -4.06. The number of rotatable bonds is 10. The Morgan fingerprint density at radius 3 is 1.89 bits per heavy atom. The monoisotopic (exact) mass is 521 g/mol. The van der Waals surface area contributed by atoms with Crippen LogP contribution in [0, 0.1) is 13.8 Å². The quantitative estimate of drug-likeness (QED) is 0.427. The smallest absolute Gasteiger partial charge is 0.264 e. The number of nitrogens with one attached hydrogen (secondary N) is 1. The minimum absolute atomic E-state index is 0.0884. The number of amides is 2. The van der Waals surface area contributed by atoms with E-state index in [1.54, 1.807) is 49.4 Å². The van der Waals surface area contributed by atoms with Gasteiger partial charge in [0.2, 0.25) is 11.8 Å². The maximum atomic E-state index is 13.8. The lowest BCUT2D eigenvalue weighted by atomic mass is 10.1. The first-order chi connectivity index (χ1) is 17.5. The van der Waals surface area contributed by atoms with Crippen LogP contribution in [0.25, 0.3) is 0 Å². The SMILES string of the molecule is Cc1ccc(CN(C(=O)CN(c2ccccc2)S(=O)(=O)c2ccc(C)cc2)[C@H](C)C(=O)NC(C)C)cc1. The summed E-state index contributed by atoms with van der Waals surface area (Å²) in [5.74, 6) is -0.783. The van der Waals surface area contributed by atoms with Crippen molar-refractivity contribution in [2.24, 2.45) is 0 Å². The van der Waals surface area contributed by atoms with Crippen LogP contribution in [0.15, 0.2) is 83.8 Å². The summed E-state index contributed by atoms with van der Waals surface area (Å²) in [6, 6.07) is 21.8. The molecular weight excluding hydrogens is 486 g/mol. The van der Waals surface area contributed by atoms with Gasteiger partial charge in [0.05, 0.1) is 10.6 Å². The van der Waals surface area contributed by atoms with Crippen molar-refractivity contribution in [2.45, 2.75) is 58.1 Å². The third-order valence-electron chi connectivity index (χ3n) is 6.00. The van der Waals surface area contributed by atoms with Gasteiger partial charge in [-0.3, -0.25) is 13.9 Å². The third kappa shape index (κ3) is 7.20. The fourth-order valence-corrected chi connectivity index (χ4v) is 5.25. The van der Waals surface area contributed by atoms with Crippen molar-refractivity contribution in [2.75, 3.05) is 10.8 Å². The molecule has 0 radical (unpaired) electrons. The highest BCUT2D eigenvalue weighted by Crippen LogP contribution is 2.24. The maximum Gasteiger partial charge on any atom is 0.264 e. The Hall–Kier alpha value is -3.65. The molecule has 7 nitrogen and oxygen atoms in total. The first-order valence-corrected chi connectivity index (χ1v) is 13.7. The van der Waals surface area contributed by atoms with Crippen LogP contribution in [0.2, 0.25) is 0 Å². The summed E-state index contributed by atoms with van der Waals surface area (Å²) in [6.45, 7) is 8.92. The molecule has 3 aromatic carbocycles. The third-order valence-corrected chi connectivity index (χ3v) is 7.79. The van der Waals surface area contributed by atoms with E-state index < -0.39 is 28.5 Å².